The lowest BCUT2D eigenvalue weighted by molar-refractivity contribution is -0.135. The van der Waals surface area contributed by atoms with Crippen LogP contribution in [0.1, 0.15) is 37.4 Å². The zero-order valence-corrected chi connectivity index (χ0v) is 16.1. The van der Waals surface area contributed by atoms with E-state index in [9.17, 15) is 18.0 Å². The van der Waals surface area contributed by atoms with Gasteiger partial charge in [0.25, 0.3) is 0 Å². The Morgan fingerprint density at radius 1 is 1.00 bits per heavy atom. The Morgan fingerprint density at radius 3 is 2.47 bits per heavy atom. The van der Waals surface area contributed by atoms with Gasteiger partial charge in [0, 0.05) is 48.7 Å². The number of imidazole rings is 1. The van der Waals surface area contributed by atoms with Gasteiger partial charge in [-0.25, -0.2) is 4.79 Å². The molecule has 0 atom stereocenters. The molecule has 0 N–H and O–H groups in total. The van der Waals surface area contributed by atoms with Crippen LogP contribution in [0, 0.1) is 0 Å². The average Bonchev–Trinajstić information content (AvgIpc) is 3.42. The van der Waals surface area contributed by atoms with E-state index in [0.717, 1.165) is 40.5 Å². The van der Waals surface area contributed by atoms with E-state index in [2.05, 4.69) is 9.97 Å². The molecule has 156 valence electrons. The zero-order chi connectivity index (χ0) is 20.9. The maximum atomic E-state index is 13.2. The highest BCUT2D eigenvalue weighted by molar-refractivity contribution is 5.80. The van der Waals surface area contributed by atoms with Crippen LogP contribution in [0.25, 0.3) is 21.9 Å². The Bertz CT molecular complexity index is 1280. The van der Waals surface area contributed by atoms with Gasteiger partial charge in [0.05, 0.1) is 29.3 Å². The fourth-order valence-electron chi connectivity index (χ4n) is 4.13. The zero-order valence-electron chi connectivity index (χ0n) is 16.1. The molecule has 1 fully saturated rings. The van der Waals surface area contributed by atoms with E-state index in [4.69, 9.17) is 0 Å². The Balaban J connectivity index is 1.57. The molecule has 4 heterocycles. The molecule has 1 aliphatic carbocycles. The summed E-state index contributed by atoms with van der Waals surface area (Å²) in [6, 6.07) is 5.75. The van der Waals surface area contributed by atoms with E-state index in [1.54, 1.807) is 35.4 Å². The Kier molecular flexibility index (Phi) is 4.41. The number of rotatable bonds is 6. The average molecular weight is 415 g/mol. The first-order chi connectivity index (χ1) is 14.4. The number of fused-ring (bicyclic) bond motifs is 2. The number of aromatic nitrogens is 5. The summed E-state index contributed by atoms with van der Waals surface area (Å²) in [6.45, 7) is 0.484. The first kappa shape index (κ1) is 18.9. The topological polar surface area (TPSA) is 57.6 Å². The smallest absolute Gasteiger partial charge is 0.343 e. The summed E-state index contributed by atoms with van der Waals surface area (Å²) in [5, 5.41) is 0.844. The summed E-state index contributed by atoms with van der Waals surface area (Å²) in [7, 11) is 0. The highest BCUT2D eigenvalue weighted by Crippen LogP contribution is 2.36. The summed E-state index contributed by atoms with van der Waals surface area (Å²) in [5.41, 5.74) is 3.07. The van der Waals surface area contributed by atoms with Crippen molar-refractivity contribution in [1.29, 1.82) is 0 Å². The van der Waals surface area contributed by atoms with E-state index >= 15 is 0 Å². The highest BCUT2D eigenvalue weighted by Gasteiger charge is 2.29. The van der Waals surface area contributed by atoms with E-state index in [1.807, 2.05) is 21.3 Å². The molecule has 6 nitrogen and oxygen atoms in total. The molecule has 0 spiro atoms. The largest absolute Gasteiger partial charge is 0.389 e. The Hall–Kier alpha value is -3.10. The van der Waals surface area contributed by atoms with Crippen molar-refractivity contribution in [1.82, 2.24) is 23.7 Å². The van der Waals surface area contributed by atoms with Crippen LogP contribution in [-0.4, -0.2) is 29.8 Å². The molecule has 1 saturated carbocycles. The summed E-state index contributed by atoms with van der Waals surface area (Å²) < 4.78 is 43.4. The number of nitrogens with zero attached hydrogens (tertiary/aromatic N) is 5. The van der Waals surface area contributed by atoms with Gasteiger partial charge < -0.3 is 4.57 Å². The standard InChI is InChI=1S/C21H20F3N5O/c22-21(23,24)6-1-9-27-16(10-14-11-25-7-4-17(14)27)13-28-19-12-26-8-5-18(19)29(20(28)30)15-2-3-15/h4-5,7-8,10-12,15H,1-3,6,9,13H2. The first-order valence-corrected chi connectivity index (χ1v) is 9.96. The van der Waals surface area contributed by atoms with Crippen LogP contribution in [0.5, 0.6) is 0 Å². The predicted molar refractivity (Wildman–Crippen MR) is 106 cm³/mol. The molecular weight excluding hydrogens is 395 g/mol. The molecule has 1 aliphatic rings. The molecule has 4 aromatic heterocycles. The second-order valence-corrected chi connectivity index (χ2v) is 7.77. The lowest BCUT2D eigenvalue weighted by atomic mass is 10.3. The second kappa shape index (κ2) is 7.00. The van der Waals surface area contributed by atoms with Crippen LogP contribution >= 0.6 is 0 Å². The molecule has 0 saturated heterocycles. The number of hydrogen-bond acceptors (Lipinski definition) is 3. The molecule has 0 aliphatic heterocycles. The SMILES string of the molecule is O=c1n(Cc2cc3cnccc3n2CCCC(F)(F)F)c2cnccc2n1C1CC1. The van der Waals surface area contributed by atoms with Gasteiger partial charge in [-0.3, -0.25) is 19.1 Å². The second-order valence-electron chi connectivity index (χ2n) is 7.77. The number of pyridine rings is 2. The van der Waals surface area contributed by atoms with Crippen LogP contribution in [0.15, 0.2) is 47.8 Å². The highest BCUT2D eigenvalue weighted by atomic mass is 19.4. The van der Waals surface area contributed by atoms with Gasteiger partial charge in [-0.15, -0.1) is 0 Å². The maximum Gasteiger partial charge on any atom is 0.389 e. The minimum atomic E-state index is -4.19. The summed E-state index contributed by atoms with van der Waals surface area (Å²) in [5.74, 6) is 0. The Labute approximate surface area is 169 Å². The van der Waals surface area contributed by atoms with Gasteiger partial charge in [-0.05, 0) is 37.5 Å². The van der Waals surface area contributed by atoms with E-state index < -0.39 is 12.6 Å². The number of alkyl halides is 3. The lowest BCUT2D eigenvalue weighted by Crippen LogP contribution is -2.25. The minimum absolute atomic E-state index is 0.0249. The molecule has 0 unspecified atom stereocenters. The normalized spacial score (nSPS) is 14.8. The van der Waals surface area contributed by atoms with Crippen molar-refractivity contribution in [3.05, 3.63) is 59.2 Å². The predicted octanol–water partition coefficient (Wildman–Crippen LogP) is 4.27. The van der Waals surface area contributed by atoms with Crippen molar-refractivity contribution in [2.75, 3.05) is 0 Å². The number of hydrogen-bond donors (Lipinski definition) is 0. The molecular formula is C21H20F3N5O. The van der Waals surface area contributed by atoms with Gasteiger partial charge in [0.2, 0.25) is 0 Å². The van der Waals surface area contributed by atoms with Gasteiger partial charge in [-0.1, -0.05) is 0 Å². The van der Waals surface area contributed by atoms with Crippen molar-refractivity contribution < 1.29 is 13.2 Å². The van der Waals surface area contributed by atoms with Crippen molar-refractivity contribution >= 4 is 21.9 Å². The molecule has 0 amide bonds. The molecule has 0 bridgehead atoms. The van der Waals surface area contributed by atoms with E-state index in [0.29, 0.717) is 0 Å². The van der Waals surface area contributed by atoms with Gasteiger partial charge in [-0.2, -0.15) is 13.2 Å². The fourth-order valence-corrected chi connectivity index (χ4v) is 4.13. The number of aryl methyl sites for hydroxylation is 1. The third kappa shape index (κ3) is 3.38. The molecule has 0 radical (unpaired) electrons. The van der Waals surface area contributed by atoms with Crippen LogP contribution in [0.3, 0.4) is 0 Å². The third-order valence-electron chi connectivity index (χ3n) is 5.63. The molecule has 9 heteroatoms. The van der Waals surface area contributed by atoms with Crippen LogP contribution in [0.2, 0.25) is 0 Å². The summed E-state index contributed by atoms with van der Waals surface area (Å²) in [4.78, 5) is 21.5. The monoisotopic (exact) mass is 415 g/mol. The van der Waals surface area contributed by atoms with Crippen molar-refractivity contribution in [3.63, 3.8) is 0 Å². The lowest BCUT2D eigenvalue weighted by Gasteiger charge is -2.12. The minimum Gasteiger partial charge on any atom is -0.343 e. The van der Waals surface area contributed by atoms with Crippen molar-refractivity contribution in [2.24, 2.45) is 0 Å². The Morgan fingerprint density at radius 2 is 1.73 bits per heavy atom. The number of halogens is 3. The van der Waals surface area contributed by atoms with Gasteiger partial charge in [0.15, 0.2) is 0 Å². The van der Waals surface area contributed by atoms with Crippen molar-refractivity contribution in [2.45, 2.75) is 51.0 Å². The van der Waals surface area contributed by atoms with Crippen LogP contribution in [-0.2, 0) is 13.1 Å². The molecule has 5 rings (SSSR count). The van der Waals surface area contributed by atoms with Crippen molar-refractivity contribution in [3.8, 4) is 0 Å². The fraction of sp³-hybridized carbons (Fsp3) is 0.381. The molecule has 4 aromatic rings. The summed E-state index contributed by atoms with van der Waals surface area (Å²) >= 11 is 0. The van der Waals surface area contributed by atoms with Gasteiger partial charge >= 0.3 is 11.9 Å². The van der Waals surface area contributed by atoms with E-state index in [1.165, 1.54) is 0 Å². The molecule has 0 aromatic carbocycles. The first-order valence-electron chi connectivity index (χ1n) is 9.96. The van der Waals surface area contributed by atoms with Crippen LogP contribution < -0.4 is 5.69 Å². The van der Waals surface area contributed by atoms with Gasteiger partial charge in [0.1, 0.15) is 0 Å². The molecule has 30 heavy (non-hydrogen) atoms. The van der Waals surface area contributed by atoms with E-state index in [-0.39, 0.29) is 31.2 Å². The summed E-state index contributed by atoms with van der Waals surface area (Å²) in [6.07, 6.45) is 3.56. The third-order valence-corrected chi connectivity index (χ3v) is 5.63. The maximum absolute atomic E-state index is 13.2. The van der Waals surface area contributed by atoms with Crippen LogP contribution in [0.4, 0.5) is 13.2 Å². The quantitative estimate of drug-likeness (QED) is 0.473.